The third-order valence-electron chi connectivity index (χ3n) is 3.05. The van der Waals surface area contributed by atoms with Crippen LogP contribution in [0.4, 0.5) is 0 Å². The van der Waals surface area contributed by atoms with Gasteiger partial charge in [0.1, 0.15) is 0 Å². The van der Waals surface area contributed by atoms with Crippen LogP contribution in [0.25, 0.3) is 0 Å². The fraction of sp³-hybridized carbons (Fsp3) is 0.417. The Bertz CT molecular complexity index is 501. The smallest absolute Gasteiger partial charge is 0.207 e. The first-order valence-corrected chi connectivity index (χ1v) is 7.60. The molecular formula is C12H16N2O3S. The molecule has 2 N–H and O–H groups in total. The summed E-state index contributed by atoms with van der Waals surface area (Å²) < 4.78 is 23.1. The summed E-state index contributed by atoms with van der Waals surface area (Å²) in [5.41, 5.74) is 1.09. The van der Waals surface area contributed by atoms with Crippen LogP contribution < -0.4 is 10.6 Å². The normalized spacial score (nSPS) is 25.8. The minimum absolute atomic E-state index is 0.0121. The maximum Gasteiger partial charge on any atom is 0.207 e. The van der Waals surface area contributed by atoms with Gasteiger partial charge in [0.25, 0.3) is 0 Å². The first-order valence-electron chi connectivity index (χ1n) is 5.78. The van der Waals surface area contributed by atoms with E-state index < -0.39 is 9.84 Å². The predicted molar refractivity (Wildman–Crippen MR) is 68.7 cm³/mol. The molecule has 0 saturated carbocycles. The summed E-state index contributed by atoms with van der Waals surface area (Å²) in [6.45, 7) is 0.595. The Balaban J connectivity index is 1.97. The lowest BCUT2D eigenvalue weighted by Crippen LogP contribution is -2.46. The second kappa shape index (κ2) is 5.49. The highest BCUT2D eigenvalue weighted by Gasteiger charge is 2.36. The van der Waals surface area contributed by atoms with Gasteiger partial charge in [0.15, 0.2) is 9.84 Å². The minimum atomic E-state index is -3.06. The molecule has 1 saturated heterocycles. The van der Waals surface area contributed by atoms with Crippen molar-refractivity contribution in [1.29, 1.82) is 0 Å². The summed E-state index contributed by atoms with van der Waals surface area (Å²) in [5, 5.41) is 5.75. The van der Waals surface area contributed by atoms with Crippen molar-refractivity contribution >= 4 is 16.2 Å². The van der Waals surface area contributed by atoms with E-state index in [0.29, 0.717) is 13.0 Å². The van der Waals surface area contributed by atoms with E-state index >= 15 is 0 Å². The van der Waals surface area contributed by atoms with Crippen LogP contribution in [0.5, 0.6) is 0 Å². The van der Waals surface area contributed by atoms with Crippen LogP contribution >= 0.6 is 0 Å². The molecule has 2 atom stereocenters. The standard InChI is InChI=1S/C12H16N2O3S/c15-9-14-12-8-18(16,17)7-11(12)13-6-10-4-2-1-3-5-10/h1-5,9,11-13H,6-8H2,(H,14,15)/t11-,12+/m0/s1. The van der Waals surface area contributed by atoms with Crippen molar-refractivity contribution in [2.24, 2.45) is 0 Å². The van der Waals surface area contributed by atoms with Crippen molar-refractivity contribution < 1.29 is 13.2 Å². The molecule has 1 amide bonds. The number of nitrogens with one attached hydrogen (secondary N) is 2. The number of carbonyl (C=O) groups excluding carboxylic acids is 1. The largest absolute Gasteiger partial charge is 0.353 e. The number of hydrogen-bond donors (Lipinski definition) is 2. The van der Waals surface area contributed by atoms with Crippen molar-refractivity contribution in [3.8, 4) is 0 Å². The van der Waals surface area contributed by atoms with Crippen LogP contribution in [0.15, 0.2) is 30.3 Å². The van der Waals surface area contributed by atoms with Gasteiger partial charge >= 0.3 is 0 Å². The van der Waals surface area contributed by atoms with E-state index in [-0.39, 0.29) is 23.6 Å². The molecule has 0 spiro atoms. The molecule has 1 heterocycles. The minimum Gasteiger partial charge on any atom is -0.353 e. The zero-order valence-corrected chi connectivity index (χ0v) is 10.7. The molecule has 0 radical (unpaired) electrons. The van der Waals surface area contributed by atoms with Crippen LogP contribution in [0.1, 0.15) is 5.56 Å². The number of rotatable bonds is 5. The summed E-state index contributed by atoms with van der Waals surface area (Å²) in [7, 11) is -3.06. The molecule has 1 aromatic rings. The molecule has 1 aromatic carbocycles. The van der Waals surface area contributed by atoms with E-state index in [0.717, 1.165) is 5.56 Å². The fourth-order valence-corrected chi connectivity index (χ4v) is 4.05. The van der Waals surface area contributed by atoms with E-state index in [1.54, 1.807) is 0 Å². The van der Waals surface area contributed by atoms with E-state index in [1.165, 1.54) is 0 Å². The van der Waals surface area contributed by atoms with Gasteiger partial charge in [-0.3, -0.25) is 4.79 Å². The van der Waals surface area contributed by atoms with Crippen molar-refractivity contribution in [2.45, 2.75) is 18.6 Å². The van der Waals surface area contributed by atoms with Gasteiger partial charge in [-0.1, -0.05) is 30.3 Å². The third kappa shape index (κ3) is 3.30. The first-order chi connectivity index (χ1) is 8.61. The fourth-order valence-electron chi connectivity index (χ4n) is 2.15. The average molecular weight is 268 g/mol. The molecule has 0 unspecified atom stereocenters. The van der Waals surface area contributed by atoms with Crippen molar-refractivity contribution in [2.75, 3.05) is 11.5 Å². The number of benzene rings is 1. The second-order valence-electron chi connectivity index (χ2n) is 4.44. The Kier molecular flexibility index (Phi) is 3.98. The zero-order chi connectivity index (χ0) is 13.0. The van der Waals surface area contributed by atoms with Gasteiger partial charge in [0.05, 0.1) is 17.5 Å². The van der Waals surface area contributed by atoms with E-state index in [1.807, 2.05) is 30.3 Å². The van der Waals surface area contributed by atoms with Gasteiger partial charge < -0.3 is 10.6 Å². The molecule has 98 valence electrons. The molecule has 0 aliphatic carbocycles. The number of sulfone groups is 1. The average Bonchev–Trinajstić information content (AvgIpc) is 2.63. The summed E-state index contributed by atoms with van der Waals surface area (Å²) in [6.07, 6.45) is 0.558. The number of hydrogen-bond acceptors (Lipinski definition) is 4. The zero-order valence-electron chi connectivity index (χ0n) is 9.87. The molecule has 0 bridgehead atoms. The van der Waals surface area contributed by atoms with Crippen LogP contribution in [0, 0.1) is 0 Å². The lowest BCUT2D eigenvalue weighted by Gasteiger charge is -2.18. The van der Waals surface area contributed by atoms with Gasteiger partial charge in [-0.05, 0) is 5.56 Å². The lowest BCUT2D eigenvalue weighted by atomic mass is 10.1. The van der Waals surface area contributed by atoms with Crippen LogP contribution in [0.3, 0.4) is 0 Å². The summed E-state index contributed by atoms with van der Waals surface area (Å²) in [4.78, 5) is 10.5. The van der Waals surface area contributed by atoms with E-state index in [4.69, 9.17) is 0 Å². The lowest BCUT2D eigenvalue weighted by molar-refractivity contribution is -0.110. The van der Waals surface area contributed by atoms with Gasteiger partial charge in [-0.2, -0.15) is 0 Å². The second-order valence-corrected chi connectivity index (χ2v) is 6.59. The van der Waals surface area contributed by atoms with Crippen LogP contribution in [-0.2, 0) is 21.2 Å². The molecule has 18 heavy (non-hydrogen) atoms. The van der Waals surface area contributed by atoms with Crippen molar-refractivity contribution in [3.05, 3.63) is 35.9 Å². The Morgan fingerprint density at radius 2 is 1.83 bits per heavy atom. The highest BCUT2D eigenvalue weighted by Crippen LogP contribution is 2.13. The molecule has 5 nitrogen and oxygen atoms in total. The predicted octanol–water partition coefficient (Wildman–Crippen LogP) is -0.312. The number of amides is 1. The van der Waals surface area contributed by atoms with E-state index in [2.05, 4.69) is 10.6 Å². The van der Waals surface area contributed by atoms with Gasteiger partial charge in [0, 0.05) is 12.6 Å². The van der Waals surface area contributed by atoms with Crippen molar-refractivity contribution in [3.63, 3.8) is 0 Å². The SMILES string of the molecule is O=CN[C@@H]1CS(=O)(=O)C[C@@H]1NCc1ccccc1. The first kappa shape index (κ1) is 13.0. The Morgan fingerprint density at radius 3 is 2.50 bits per heavy atom. The Labute approximate surface area is 107 Å². The molecule has 1 aliphatic rings. The molecule has 2 rings (SSSR count). The summed E-state index contributed by atoms with van der Waals surface area (Å²) in [6, 6.07) is 9.18. The number of carbonyl (C=O) groups is 1. The van der Waals surface area contributed by atoms with Crippen molar-refractivity contribution in [1.82, 2.24) is 10.6 Å². The highest BCUT2D eigenvalue weighted by molar-refractivity contribution is 7.91. The summed E-state index contributed by atoms with van der Waals surface area (Å²) in [5.74, 6) is 0.0868. The van der Waals surface area contributed by atoms with Gasteiger partial charge in [-0.25, -0.2) is 8.42 Å². The van der Waals surface area contributed by atoms with Gasteiger partial charge in [0.2, 0.25) is 6.41 Å². The maximum absolute atomic E-state index is 11.5. The summed E-state index contributed by atoms with van der Waals surface area (Å²) >= 11 is 0. The highest BCUT2D eigenvalue weighted by atomic mass is 32.2. The molecule has 6 heteroatoms. The van der Waals surface area contributed by atoms with E-state index in [9.17, 15) is 13.2 Å². The molecular weight excluding hydrogens is 252 g/mol. The monoisotopic (exact) mass is 268 g/mol. The maximum atomic E-state index is 11.5. The molecule has 0 aromatic heterocycles. The topological polar surface area (TPSA) is 75.3 Å². The van der Waals surface area contributed by atoms with Gasteiger partial charge in [-0.15, -0.1) is 0 Å². The van der Waals surface area contributed by atoms with Crippen LogP contribution in [0.2, 0.25) is 0 Å². The quantitative estimate of drug-likeness (QED) is 0.718. The third-order valence-corrected chi connectivity index (χ3v) is 4.78. The molecule has 1 aliphatic heterocycles. The Hall–Kier alpha value is -1.40. The molecule has 1 fully saturated rings. The van der Waals surface area contributed by atoms with Crippen LogP contribution in [-0.4, -0.2) is 38.4 Å². The Morgan fingerprint density at radius 1 is 1.17 bits per heavy atom.